The van der Waals surface area contributed by atoms with Crippen LogP contribution in [0.15, 0.2) is 40.6 Å². The Morgan fingerprint density at radius 1 is 1.29 bits per heavy atom. The van der Waals surface area contributed by atoms with Crippen molar-refractivity contribution in [2.45, 2.75) is 30.0 Å². The average molecular weight is 342 g/mol. The van der Waals surface area contributed by atoms with E-state index in [1.54, 1.807) is 16.4 Å². The van der Waals surface area contributed by atoms with Gasteiger partial charge in [-0.25, -0.2) is 8.42 Å². The van der Waals surface area contributed by atoms with Gasteiger partial charge in [-0.3, -0.25) is 0 Å². The number of aryl methyl sites for hydroxylation is 1. The second-order valence-electron chi connectivity index (χ2n) is 5.25. The summed E-state index contributed by atoms with van der Waals surface area (Å²) in [6.45, 7) is 2.59. The molecule has 1 aliphatic heterocycles. The molecule has 3 rings (SSSR count). The second kappa shape index (κ2) is 5.72. The molecule has 1 aliphatic rings. The van der Waals surface area contributed by atoms with Gasteiger partial charge in [0.1, 0.15) is 4.21 Å². The molecule has 0 bridgehead atoms. The first-order chi connectivity index (χ1) is 9.98. The van der Waals surface area contributed by atoms with Crippen molar-refractivity contribution in [2.24, 2.45) is 0 Å². The molecule has 1 unspecified atom stereocenters. The molecule has 0 radical (unpaired) electrons. The van der Waals surface area contributed by atoms with E-state index in [0.29, 0.717) is 15.1 Å². The predicted octanol–water partition coefficient (Wildman–Crippen LogP) is 4.24. The van der Waals surface area contributed by atoms with Gasteiger partial charge in [-0.2, -0.15) is 4.31 Å². The van der Waals surface area contributed by atoms with Crippen LogP contribution in [0.4, 0.5) is 0 Å². The van der Waals surface area contributed by atoms with Crippen LogP contribution in [0.2, 0.25) is 4.34 Å². The molecule has 0 saturated carbocycles. The molecule has 0 spiro atoms. The van der Waals surface area contributed by atoms with Gasteiger partial charge in [0.05, 0.1) is 10.4 Å². The van der Waals surface area contributed by atoms with E-state index < -0.39 is 10.0 Å². The highest BCUT2D eigenvalue weighted by Crippen LogP contribution is 2.38. The second-order valence-corrected chi connectivity index (χ2v) is 9.08. The molecule has 112 valence electrons. The quantitative estimate of drug-likeness (QED) is 0.837. The third kappa shape index (κ3) is 2.88. The summed E-state index contributed by atoms with van der Waals surface area (Å²) < 4.78 is 28.0. The van der Waals surface area contributed by atoms with E-state index in [1.807, 2.05) is 25.1 Å². The Morgan fingerprint density at radius 2 is 2.10 bits per heavy atom. The predicted molar refractivity (Wildman–Crippen MR) is 86.4 cm³/mol. The average Bonchev–Trinajstić information content (AvgIpc) is 3.07. The molecule has 1 saturated heterocycles. The van der Waals surface area contributed by atoms with Crippen LogP contribution in [-0.2, 0) is 10.0 Å². The number of rotatable bonds is 3. The van der Waals surface area contributed by atoms with E-state index in [4.69, 9.17) is 11.6 Å². The summed E-state index contributed by atoms with van der Waals surface area (Å²) in [6.07, 6.45) is 1.75. The van der Waals surface area contributed by atoms with Crippen LogP contribution in [0.25, 0.3) is 0 Å². The maximum absolute atomic E-state index is 12.8. The van der Waals surface area contributed by atoms with Crippen LogP contribution in [0.1, 0.15) is 30.0 Å². The van der Waals surface area contributed by atoms with Gasteiger partial charge in [-0.1, -0.05) is 41.4 Å². The number of halogens is 1. The Balaban J connectivity index is 1.97. The Labute approximate surface area is 134 Å². The first-order valence-corrected chi connectivity index (χ1v) is 9.46. The van der Waals surface area contributed by atoms with Gasteiger partial charge in [-0.05, 0) is 37.5 Å². The molecule has 6 heteroatoms. The van der Waals surface area contributed by atoms with E-state index in [9.17, 15) is 8.42 Å². The van der Waals surface area contributed by atoms with Crippen LogP contribution in [0, 0.1) is 6.92 Å². The van der Waals surface area contributed by atoms with Gasteiger partial charge >= 0.3 is 0 Å². The lowest BCUT2D eigenvalue weighted by Crippen LogP contribution is -2.30. The van der Waals surface area contributed by atoms with E-state index in [-0.39, 0.29) is 6.04 Å². The van der Waals surface area contributed by atoms with Gasteiger partial charge < -0.3 is 0 Å². The van der Waals surface area contributed by atoms with E-state index >= 15 is 0 Å². The molecule has 1 atom stereocenters. The first-order valence-electron chi connectivity index (χ1n) is 6.82. The Kier molecular flexibility index (Phi) is 4.10. The molecule has 21 heavy (non-hydrogen) atoms. The fourth-order valence-corrected chi connectivity index (χ4v) is 6.08. The molecule has 2 aromatic rings. The number of benzene rings is 1. The van der Waals surface area contributed by atoms with Crippen LogP contribution in [0.5, 0.6) is 0 Å². The molecule has 1 fully saturated rings. The topological polar surface area (TPSA) is 37.4 Å². The summed E-state index contributed by atoms with van der Waals surface area (Å²) >= 11 is 7.00. The minimum Gasteiger partial charge on any atom is -0.206 e. The minimum atomic E-state index is -3.46. The summed E-state index contributed by atoms with van der Waals surface area (Å²) in [7, 11) is -3.46. The van der Waals surface area contributed by atoms with Crippen molar-refractivity contribution in [2.75, 3.05) is 6.54 Å². The number of thiophene rings is 1. The normalized spacial score (nSPS) is 20.0. The smallest absolute Gasteiger partial charge is 0.206 e. The van der Waals surface area contributed by atoms with Crippen LogP contribution < -0.4 is 0 Å². The first kappa shape index (κ1) is 15.0. The molecule has 0 amide bonds. The molecule has 2 heterocycles. The number of sulfonamides is 1. The lowest BCUT2D eigenvalue weighted by Gasteiger charge is -2.24. The minimum absolute atomic E-state index is 0.0734. The Hall–Kier alpha value is -0.880. The molecule has 0 aliphatic carbocycles. The number of nitrogens with zero attached hydrogens (tertiary/aromatic N) is 1. The Morgan fingerprint density at radius 3 is 2.76 bits per heavy atom. The van der Waals surface area contributed by atoms with Crippen molar-refractivity contribution in [3.05, 3.63) is 51.9 Å². The summed E-state index contributed by atoms with van der Waals surface area (Å²) in [5.41, 5.74) is 2.22. The fourth-order valence-electron chi connectivity index (χ4n) is 2.79. The van der Waals surface area contributed by atoms with Crippen molar-refractivity contribution in [1.29, 1.82) is 0 Å². The zero-order valence-corrected chi connectivity index (χ0v) is 14.0. The number of hydrogen-bond acceptors (Lipinski definition) is 3. The lowest BCUT2D eigenvalue weighted by molar-refractivity contribution is 0.398. The van der Waals surface area contributed by atoms with Crippen LogP contribution in [-0.4, -0.2) is 19.3 Å². The van der Waals surface area contributed by atoms with Crippen molar-refractivity contribution in [1.82, 2.24) is 4.31 Å². The summed E-state index contributed by atoms with van der Waals surface area (Å²) in [6, 6.07) is 11.2. The standard InChI is InChI=1S/C15H16ClNO2S2/c1-11-4-2-5-12(10-11)13-6-3-9-17(13)21(18,19)15-8-7-14(16)20-15/h2,4-5,7-8,10,13H,3,6,9H2,1H3. The fraction of sp³-hybridized carbons (Fsp3) is 0.333. The summed E-state index contributed by atoms with van der Waals surface area (Å²) in [5.74, 6) is 0. The van der Waals surface area contributed by atoms with Crippen LogP contribution in [0.3, 0.4) is 0 Å². The highest BCUT2D eigenvalue weighted by atomic mass is 35.5. The maximum Gasteiger partial charge on any atom is 0.253 e. The zero-order chi connectivity index (χ0) is 15.0. The van der Waals surface area contributed by atoms with Gasteiger partial charge in [0.25, 0.3) is 10.0 Å². The third-order valence-corrected chi connectivity index (χ3v) is 7.35. The summed E-state index contributed by atoms with van der Waals surface area (Å²) in [4.78, 5) is 0. The molecule has 0 N–H and O–H groups in total. The molecule has 1 aromatic carbocycles. The lowest BCUT2D eigenvalue weighted by atomic mass is 10.0. The highest BCUT2D eigenvalue weighted by molar-refractivity contribution is 7.91. The largest absolute Gasteiger partial charge is 0.253 e. The van der Waals surface area contributed by atoms with Gasteiger partial charge in [0.15, 0.2) is 0 Å². The SMILES string of the molecule is Cc1cccc(C2CCCN2S(=O)(=O)c2ccc(Cl)s2)c1. The van der Waals surface area contributed by atoms with Gasteiger partial charge in [0, 0.05) is 6.54 Å². The van der Waals surface area contributed by atoms with Crippen LogP contribution >= 0.6 is 22.9 Å². The Bertz CT molecular complexity index is 755. The highest BCUT2D eigenvalue weighted by Gasteiger charge is 2.36. The molecule has 1 aromatic heterocycles. The van der Waals surface area contributed by atoms with Crippen molar-refractivity contribution < 1.29 is 8.42 Å². The third-order valence-electron chi connectivity index (χ3n) is 3.74. The van der Waals surface area contributed by atoms with Crippen molar-refractivity contribution >= 4 is 33.0 Å². The molecular weight excluding hydrogens is 326 g/mol. The molecule has 3 nitrogen and oxygen atoms in total. The van der Waals surface area contributed by atoms with E-state index in [1.165, 1.54) is 0 Å². The van der Waals surface area contributed by atoms with E-state index in [0.717, 1.165) is 35.3 Å². The molecular formula is C15H16ClNO2S2. The summed E-state index contributed by atoms with van der Waals surface area (Å²) in [5, 5.41) is 0. The number of hydrogen-bond donors (Lipinski definition) is 0. The van der Waals surface area contributed by atoms with Gasteiger partial charge in [-0.15, -0.1) is 11.3 Å². The van der Waals surface area contributed by atoms with E-state index in [2.05, 4.69) is 6.07 Å². The van der Waals surface area contributed by atoms with Crippen molar-refractivity contribution in [3.8, 4) is 0 Å². The monoisotopic (exact) mass is 341 g/mol. The van der Waals surface area contributed by atoms with Crippen molar-refractivity contribution in [3.63, 3.8) is 0 Å². The maximum atomic E-state index is 12.8. The van der Waals surface area contributed by atoms with Gasteiger partial charge in [0.2, 0.25) is 0 Å². The zero-order valence-electron chi connectivity index (χ0n) is 11.6.